The summed E-state index contributed by atoms with van der Waals surface area (Å²) in [7, 11) is 0. The highest BCUT2D eigenvalue weighted by Crippen LogP contribution is 2.21. The summed E-state index contributed by atoms with van der Waals surface area (Å²) in [5, 5.41) is 3.13. The molecule has 3 atom stereocenters. The lowest BCUT2D eigenvalue weighted by atomic mass is 10.2. The van der Waals surface area contributed by atoms with E-state index in [1.807, 2.05) is 11.8 Å². The maximum Gasteiger partial charge on any atom is 0.237 e. The molecule has 2 aliphatic rings. The van der Waals surface area contributed by atoms with Crippen molar-refractivity contribution < 1.29 is 9.53 Å². The minimum Gasteiger partial charge on any atom is -0.373 e. The molecule has 2 rings (SSSR count). The van der Waals surface area contributed by atoms with Crippen LogP contribution in [0.3, 0.4) is 0 Å². The summed E-state index contributed by atoms with van der Waals surface area (Å²) in [6.45, 7) is 5.33. The van der Waals surface area contributed by atoms with Gasteiger partial charge in [0.1, 0.15) is 0 Å². The van der Waals surface area contributed by atoms with Crippen molar-refractivity contribution in [1.29, 1.82) is 0 Å². The Kier molecular flexibility index (Phi) is 2.74. The summed E-state index contributed by atoms with van der Waals surface area (Å²) in [6.07, 6.45) is 2.98. The Morgan fingerprint density at radius 3 is 2.79 bits per heavy atom. The molecule has 0 aromatic heterocycles. The van der Waals surface area contributed by atoms with Crippen LogP contribution in [0.5, 0.6) is 0 Å². The lowest BCUT2D eigenvalue weighted by Crippen LogP contribution is -2.40. The number of carbonyl (C=O) groups is 1. The average Bonchev–Trinajstić information content (AvgIpc) is 2.67. The van der Waals surface area contributed by atoms with Crippen LogP contribution in [-0.2, 0) is 9.53 Å². The van der Waals surface area contributed by atoms with Crippen LogP contribution in [0.1, 0.15) is 26.7 Å². The van der Waals surface area contributed by atoms with Gasteiger partial charge < -0.3 is 9.64 Å². The van der Waals surface area contributed by atoms with Crippen LogP contribution in [0.2, 0.25) is 0 Å². The second-order valence-corrected chi connectivity index (χ2v) is 4.25. The zero-order valence-corrected chi connectivity index (χ0v) is 8.82. The molecule has 1 N–H and O–H groups in total. The highest BCUT2D eigenvalue weighted by atomic mass is 16.5. The summed E-state index contributed by atoms with van der Waals surface area (Å²) < 4.78 is 5.70. The van der Waals surface area contributed by atoms with E-state index in [1.165, 1.54) is 0 Å². The van der Waals surface area contributed by atoms with E-state index in [-0.39, 0.29) is 18.2 Å². The molecule has 0 saturated carbocycles. The maximum atomic E-state index is 11.5. The van der Waals surface area contributed by atoms with Crippen LogP contribution in [0.25, 0.3) is 0 Å². The van der Waals surface area contributed by atoms with Gasteiger partial charge in [-0.2, -0.15) is 0 Å². The molecule has 0 bridgehead atoms. The van der Waals surface area contributed by atoms with Gasteiger partial charge in [0, 0.05) is 6.54 Å². The standard InChI is InChI=1S/C10H18N2O2/c1-7-3-4-9(14-7)6-12-8(2)11-5-10(12)13/h7-9,11H,3-6H2,1-2H3. The van der Waals surface area contributed by atoms with Crippen LogP contribution < -0.4 is 5.32 Å². The highest BCUT2D eigenvalue weighted by Gasteiger charge is 2.31. The molecule has 0 aromatic rings. The molecule has 3 unspecified atom stereocenters. The summed E-state index contributed by atoms with van der Waals surface area (Å²) in [5.74, 6) is 0.195. The summed E-state index contributed by atoms with van der Waals surface area (Å²) >= 11 is 0. The number of nitrogens with zero attached hydrogens (tertiary/aromatic N) is 1. The number of hydrogen-bond donors (Lipinski definition) is 1. The molecule has 2 heterocycles. The zero-order valence-electron chi connectivity index (χ0n) is 8.82. The second kappa shape index (κ2) is 3.87. The number of hydrogen-bond acceptors (Lipinski definition) is 3. The van der Waals surface area contributed by atoms with E-state index in [0.717, 1.165) is 19.4 Å². The van der Waals surface area contributed by atoms with Gasteiger partial charge in [0.25, 0.3) is 0 Å². The highest BCUT2D eigenvalue weighted by molar-refractivity contribution is 5.80. The Bertz CT molecular complexity index is 232. The van der Waals surface area contributed by atoms with Gasteiger partial charge in [-0.15, -0.1) is 0 Å². The Morgan fingerprint density at radius 2 is 2.29 bits per heavy atom. The molecule has 14 heavy (non-hydrogen) atoms. The maximum absolute atomic E-state index is 11.5. The van der Waals surface area contributed by atoms with E-state index in [1.54, 1.807) is 0 Å². The predicted molar refractivity (Wildman–Crippen MR) is 52.7 cm³/mol. The number of carbonyl (C=O) groups excluding carboxylic acids is 1. The first-order valence-electron chi connectivity index (χ1n) is 5.35. The Morgan fingerprint density at radius 1 is 1.50 bits per heavy atom. The van der Waals surface area contributed by atoms with Crippen molar-refractivity contribution in [3.8, 4) is 0 Å². The smallest absolute Gasteiger partial charge is 0.237 e. The normalized spacial score (nSPS) is 38.3. The minimum absolute atomic E-state index is 0.169. The van der Waals surface area contributed by atoms with E-state index in [2.05, 4.69) is 12.2 Å². The van der Waals surface area contributed by atoms with Crippen molar-refractivity contribution >= 4 is 5.91 Å². The van der Waals surface area contributed by atoms with Gasteiger partial charge in [-0.25, -0.2) is 0 Å². The molecule has 2 aliphatic heterocycles. The zero-order chi connectivity index (χ0) is 10.1. The van der Waals surface area contributed by atoms with Crippen molar-refractivity contribution in [2.75, 3.05) is 13.1 Å². The van der Waals surface area contributed by atoms with Gasteiger partial charge >= 0.3 is 0 Å². The summed E-state index contributed by atoms with van der Waals surface area (Å²) in [6, 6.07) is 0. The van der Waals surface area contributed by atoms with Crippen molar-refractivity contribution in [1.82, 2.24) is 10.2 Å². The van der Waals surface area contributed by atoms with Crippen molar-refractivity contribution in [2.24, 2.45) is 0 Å². The first-order chi connectivity index (χ1) is 6.66. The van der Waals surface area contributed by atoms with Crippen LogP contribution >= 0.6 is 0 Å². The van der Waals surface area contributed by atoms with Crippen LogP contribution in [-0.4, -0.2) is 42.3 Å². The molecular weight excluding hydrogens is 180 g/mol. The van der Waals surface area contributed by atoms with Gasteiger partial charge in [0.2, 0.25) is 5.91 Å². The van der Waals surface area contributed by atoms with E-state index in [0.29, 0.717) is 12.6 Å². The fourth-order valence-corrected chi connectivity index (χ4v) is 2.16. The van der Waals surface area contributed by atoms with Gasteiger partial charge in [-0.1, -0.05) is 0 Å². The topological polar surface area (TPSA) is 41.6 Å². The van der Waals surface area contributed by atoms with E-state index in [9.17, 15) is 4.79 Å². The van der Waals surface area contributed by atoms with Crippen molar-refractivity contribution in [3.63, 3.8) is 0 Å². The van der Waals surface area contributed by atoms with Crippen LogP contribution in [0.15, 0.2) is 0 Å². The molecule has 1 amide bonds. The summed E-state index contributed by atoms with van der Waals surface area (Å²) in [4.78, 5) is 13.3. The molecule has 0 radical (unpaired) electrons. The van der Waals surface area contributed by atoms with Gasteiger partial charge in [-0.05, 0) is 26.7 Å². The number of rotatable bonds is 2. The molecule has 0 aromatic carbocycles. The van der Waals surface area contributed by atoms with Crippen molar-refractivity contribution in [2.45, 2.75) is 45.1 Å². The second-order valence-electron chi connectivity index (χ2n) is 4.25. The fourth-order valence-electron chi connectivity index (χ4n) is 2.16. The monoisotopic (exact) mass is 198 g/mol. The molecule has 0 aliphatic carbocycles. The van der Waals surface area contributed by atoms with E-state index >= 15 is 0 Å². The first kappa shape index (κ1) is 9.93. The Labute approximate surface area is 84.6 Å². The largest absolute Gasteiger partial charge is 0.373 e. The Hall–Kier alpha value is -0.610. The molecule has 4 nitrogen and oxygen atoms in total. The number of nitrogens with one attached hydrogen (secondary N) is 1. The lowest BCUT2D eigenvalue weighted by molar-refractivity contribution is -0.129. The van der Waals surface area contributed by atoms with Gasteiger partial charge in [0.05, 0.1) is 24.9 Å². The quantitative estimate of drug-likeness (QED) is 0.695. The van der Waals surface area contributed by atoms with Crippen LogP contribution in [0, 0.1) is 0 Å². The van der Waals surface area contributed by atoms with Gasteiger partial charge in [0.15, 0.2) is 0 Å². The Balaban J connectivity index is 1.87. The van der Waals surface area contributed by atoms with E-state index < -0.39 is 0 Å². The molecular formula is C10H18N2O2. The van der Waals surface area contributed by atoms with Crippen molar-refractivity contribution in [3.05, 3.63) is 0 Å². The molecule has 0 spiro atoms. The minimum atomic E-state index is 0.169. The average molecular weight is 198 g/mol. The lowest BCUT2D eigenvalue weighted by Gasteiger charge is -2.24. The SMILES string of the molecule is CC1CCC(CN2C(=O)CNC2C)O1. The van der Waals surface area contributed by atoms with Gasteiger partial charge in [-0.3, -0.25) is 10.1 Å². The third kappa shape index (κ3) is 1.91. The predicted octanol–water partition coefficient (Wildman–Crippen LogP) is 0.332. The third-order valence-corrected chi connectivity index (χ3v) is 3.06. The fraction of sp³-hybridized carbons (Fsp3) is 0.900. The third-order valence-electron chi connectivity index (χ3n) is 3.06. The number of amides is 1. The van der Waals surface area contributed by atoms with Crippen LogP contribution in [0.4, 0.5) is 0 Å². The van der Waals surface area contributed by atoms with E-state index in [4.69, 9.17) is 4.74 Å². The molecule has 2 fully saturated rings. The molecule has 80 valence electrons. The summed E-state index contributed by atoms with van der Waals surface area (Å²) in [5.41, 5.74) is 0. The number of ether oxygens (including phenoxy) is 1. The molecule has 2 saturated heterocycles. The molecule has 4 heteroatoms. The first-order valence-corrected chi connectivity index (χ1v) is 5.35.